The number of aliphatic imine (C=N–C) groups is 1. The lowest BCUT2D eigenvalue weighted by molar-refractivity contribution is 0.0242. The molecular formula is C18H29N5O2. The van der Waals surface area contributed by atoms with E-state index in [1.54, 1.807) is 0 Å². The highest BCUT2D eigenvalue weighted by Gasteiger charge is 2.30. The lowest BCUT2D eigenvalue weighted by Gasteiger charge is -2.26. The average molecular weight is 347 g/mol. The van der Waals surface area contributed by atoms with Gasteiger partial charge in [-0.25, -0.2) is 4.99 Å². The third-order valence-corrected chi connectivity index (χ3v) is 5.42. The molecule has 0 unspecified atom stereocenters. The molecule has 2 aliphatic carbocycles. The summed E-state index contributed by atoms with van der Waals surface area (Å²) in [7, 11) is 0. The summed E-state index contributed by atoms with van der Waals surface area (Å²) in [6.07, 6.45) is 9.58. The average Bonchev–Trinajstić information content (AvgIpc) is 3.02. The summed E-state index contributed by atoms with van der Waals surface area (Å²) >= 11 is 0. The number of hydrogen-bond donors (Lipinski definition) is 2. The Labute approximate surface area is 149 Å². The molecule has 1 aliphatic heterocycles. The summed E-state index contributed by atoms with van der Waals surface area (Å²) in [5.41, 5.74) is -0.0955. The Balaban J connectivity index is 1.37. The Morgan fingerprint density at radius 2 is 2.08 bits per heavy atom. The minimum atomic E-state index is -0.0955. The molecule has 0 amide bonds. The van der Waals surface area contributed by atoms with E-state index >= 15 is 0 Å². The van der Waals surface area contributed by atoms with E-state index in [1.807, 2.05) is 0 Å². The van der Waals surface area contributed by atoms with Crippen LogP contribution >= 0.6 is 0 Å². The maximum absolute atomic E-state index is 5.87. The van der Waals surface area contributed by atoms with Gasteiger partial charge in [-0.1, -0.05) is 18.0 Å². The van der Waals surface area contributed by atoms with E-state index < -0.39 is 0 Å². The van der Waals surface area contributed by atoms with Crippen molar-refractivity contribution in [2.24, 2.45) is 4.99 Å². The van der Waals surface area contributed by atoms with Crippen LogP contribution in [0.1, 0.15) is 75.9 Å². The van der Waals surface area contributed by atoms with E-state index in [-0.39, 0.29) is 5.60 Å². The minimum absolute atomic E-state index is 0.0955. The number of nitrogens with one attached hydrogen (secondary N) is 2. The number of guanidine groups is 1. The topological polar surface area (TPSA) is 84.6 Å². The fourth-order valence-corrected chi connectivity index (χ4v) is 3.65. The molecule has 0 aromatic carbocycles. The second-order valence-corrected chi connectivity index (χ2v) is 7.87. The van der Waals surface area contributed by atoms with Gasteiger partial charge in [0.05, 0.1) is 5.60 Å². The Kier molecular flexibility index (Phi) is 4.92. The zero-order valence-corrected chi connectivity index (χ0v) is 15.1. The van der Waals surface area contributed by atoms with Gasteiger partial charge < -0.3 is 19.9 Å². The Hall–Kier alpha value is -1.63. The van der Waals surface area contributed by atoms with E-state index in [9.17, 15) is 0 Å². The first-order valence-corrected chi connectivity index (χ1v) is 9.71. The van der Waals surface area contributed by atoms with Crippen LogP contribution in [0.3, 0.4) is 0 Å². The number of ether oxygens (including phenoxy) is 1. The van der Waals surface area contributed by atoms with Gasteiger partial charge in [0.1, 0.15) is 6.54 Å². The number of aromatic nitrogens is 2. The molecule has 3 fully saturated rings. The summed E-state index contributed by atoms with van der Waals surface area (Å²) < 4.78 is 11.2. The van der Waals surface area contributed by atoms with Crippen molar-refractivity contribution in [3.8, 4) is 0 Å². The van der Waals surface area contributed by atoms with Crippen LogP contribution in [0.5, 0.6) is 0 Å². The third-order valence-electron chi connectivity index (χ3n) is 5.42. The van der Waals surface area contributed by atoms with Crippen LogP contribution in [-0.2, 0) is 11.3 Å². The highest BCUT2D eigenvalue weighted by molar-refractivity contribution is 5.80. The predicted molar refractivity (Wildman–Crippen MR) is 94.4 cm³/mol. The van der Waals surface area contributed by atoms with Crippen LogP contribution in [-0.4, -0.2) is 40.9 Å². The van der Waals surface area contributed by atoms with Crippen molar-refractivity contribution >= 4 is 5.96 Å². The molecule has 1 saturated heterocycles. The lowest BCUT2D eigenvalue weighted by Crippen LogP contribution is -2.48. The standard InChI is InChI=1S/C18H29N5O2/c1-18(9-4-10-24-18)12-20-17(21-14-5-2-3-6-14)19-11-15-22-16(23-25-15)13-7-8-13/h13-14H,2-12H2,1H3,(H2,19,20,21)/t18-/m0/s1. The van der Waals surface area contributed by atoms with Gasteiger partial charge in [0.2, 0.25) is 5.89 Å². The summed E-state index contributed by atoms with van der Waals surface area (Å²) in [6.45, 7) is 4.20. The molecule has 7 heteroatoms. The smallest absolute Gasteiger partial charge is 0.248 e. The zero-order chi connectivity index (χ0) is 17.1. The first kappa shape index (κ1) is 16.8. The first-order chi connectivity index (χ1) is 12.2. The van der Waals surface area contributed by atoms with Gasteiger partial charge in [-0.15, -0.1) is 0 Å². The number of hydrogen-bond acceptors (Lipinski definition) is 5. The molecular weight excluding hydrogens is 318 g/mol. The van der Waals surface area contributed by atoms with Crippen molar-refractivity contribution in [1.82, 2.24) is 20.8 Å². The quantitative estimate of drug-likeness (QED) is 0.607. The molecule has 2 N–H and O–H groups in total. The zero-order valence-electron chi connectivity index (χ0n) is 15.1. The van der Waals surface area contributed by atoms with E-state index in [0.717, 1.165) is 37.8 Å². The molecule has 1 atom stereocenters. The molecule has 4 rings (SSSR count). The van der Waals surface area contributed by atoms with Crippen molar-refractivity contribution in [1.29, 1.82) is 0 Å². The van der Waals surface area contributed by atoms with Crippen molar-refractivity contribution in [2.75, 3.05) is 13.2 Å². The molecule has 1 aromatic rings. The van der Waals surface area contributed by atoms with Gasteiger partial charge in [-0.05, 0) is 45.4 Å². The summed E-state index contributed by atoms with van der Waals surface area (Å²) in [5, 5.41) is 11.1. The van der Waals surface area contributed by atoms with Crippen molar-refractivity contribution < 1.29 is 9.26 Å². The van der Waals surface area contributed by atoms with Crippen LogP contribution in [0.25, 0.3) is 0 Å². The fourth-order valence-electron chi connectivity index (χ4n) is 3.65. The van der Waals surface area contributed by atoms with E-state index in [2.05, 4.69) is 32.7 Å². The molecule has 0 radical (unpaired) electrons. The summed E-state index contributed by atoms with van der Waals surface area (Å²) in [4.78, 5) is 9.15. The van der Waals surface area contributed by atoms with Crippen LogP contribution in [0, 0.1) is 0 Å². The maximum atomic E-state index is 5.87. The monoisotopic (exact) mass is 347 g/mol. The Bertz CT molecular complexity index is 598. The van der Waals surface area contributed by atoms with Gasteiger partial charge in [0.15, 0.2) is 11.8 Å². The van der Waals surface area contributed by atoms with Gasteiger partial charge in [-0.3, -0.25) is 0 Å². The first-order valence-electron chi connectivity index (χ1n) is 9.71. The molecule has 7 nitrogen and oxygen atoms in total. The van der Waals surface area contributed by atoms with E-state index in [4.69, 9.17) is 9.26 Å². The summed E-state index contributed by atoms with van der Waals surface area (Å²) in [5.74, 6) is 2.78. The van der Waals surface area contributed by atoms with Gasteiger partial charge in [0, 0.05) is 25.1 Å². The van der Waals surface area contributed by atoms with Crippen molar-refractivity contribution in [3.63, 3.8) is 0 Å². The Morgan fingerprint density at radius 3 is 2.80 bits per heavy atom. The Morgan fingerprint density at radius 1 is 1.24 bits per heavy atom. The number of rotatable bonds is 6. The molecule has 2 saturated carbocycles. The van der Waals surface area contributed by atoms with Crippen molar-refractivity contribution in [3.05, 3.63) is 11.7 Å². The van der Waals surface area contributed by atoms with Gasteiger partial charge in [-0.2, -0.15) is 4.98 Å². The van der Waals surface area contributed by atoms with Gasteiger partial charge >= 0.3 is 0 Å². The van der Waals surface area contributed by atoms with Crippen LogP contribution in [0.2, 0.25) is 0 Å². The fraction of sp³-hybridized carbons (Fsp3) is 0.833. The third kappa shape index (κ3) is 4.51. The number of nitrogens with zero attached hydrogens (tertiary/aromatic N) is 3. The summed E-state index contributed by atoms with van der Waals surface area (Å²) in [6, 6.07) is 0.508. The maximum Gasteiger partial charge on any atom is 0.248 e. The van der Waals surface area contributed by atoms with Crippen LogP contribution < -0.4 is 10.6 Å². The molecule has 25 heavy (non-hydrogen) atoms. The highest BCUT2D eigenvalue weighted by atomic mass is 16.5. The lowest BCUT2D eigenvalue weighted by atomic mass is 10.0. The van der Waals surface area contributed by atoms with Crippen molar-refractivity contribution in [2.45, 2.75) is 82.4 Å². The van der Waals surface area contributed by atoms with E-state index in [0.29, 0.717) is 24.4 Å². The highest BCUT2D eigenvalue weighted by Crippen LogP contribution is 2.38. The normalized spacial score (nSPS) is 27.8. The van der Waals surface area contributed by atoms with Crippen LogP contribution in [0.15, 0.2) is 9.52 Å². The minimum Gasteiger partial charge on any atom is -0.373 e. The molecule has 3 aliphatic rings. The molecule has 1 aromatic heterocycles. The second kappa shape index (κ2) is 7.32. The molecule has 0 bridgehead atoms. The largest absolute Gasteiger partial charge is 0.373 e. The predicted octanol–water partition coefficient (Wildman–Crippen LogP) is 2.49. The molecule has 138 valence electrons. The molecule has 0 spiro atoms. The second-order valence-electron chi connectivity index (χ2n) is 7.87. The molecule has 2 heterocycles. The van der Waals surface area contributed by atoms with Gasteiger partial charge in [0.25, 0.3) is 0 Å². The SMILES string of the molecule is C[C@@]1(CNC(=NCc2nc(C3CC3)no2)NC2CCCC2)CCCO1. The van der Waals surface area contributed by atoms with E-state index in [1.165, 1.54) is 38.5 Å². The van der Waals surface area contributed by atoms with Crippen LogP contribution in [0.4, 0.5) is 0 Å².